The van der Waals surface area contributed by atoms with Crippen LogP contribution in [0, 0.1) is 0 Å². The minimum atomic E-state index is -0.781. The van der Waals surface area contributed by atoms with Crippen molar-refractivity contribution in [3.05, 3.63) is 163 Å². The predicted octanol–water partition coefficient (Wildman–Crippen LogP) is 12.6. The smallest absolute Gasteiger partial charge is 0.164 e. The van der Waals surface area contributed by atoms with Crippen molar-refractivity contribution in [2.45, 2.75) is 0 Å². The zero-order valence-electron chi connectivity index (χ0n) is 44.4. The molecule has 3 heterocycles. The molecule has 0 N–H and O–H groups in total. The molecule has 242 valence electrons. The van der Waals surface area contributed by atoms with Crippen LogP contribution in [0.25, 0.3) is 111 Å². The van der Waals surface area contributed by atoms with Crippen LogP contribution in [-0.2, 0) is 0 Å². The number of hydrogen-bond donors (Lipinski definition) is 0. The summed E-state index contributed by atoms with van der Waals surface area (Å²) < 4.78 is 172. The monoisotopic (exact) mass is 683 g/mol. The van der Waals surface area contributed by atoms with Crippen LogP contribution in [-0.4, -0.2) is 15.0 Å². The molecule has 5 nitrogen and oxygen atoms in total. The highest BCUT2D eigenvalue weighted by Gasteiger charge is 2.22. The third-order valence-corrected chi connectivity index (χ3v) is 8.85. The Morgan fingerprint density at radius 1 is 0.423 bits per heavy atom. The molecule has 11 aromatic rings. The molecule has 0 fully saturated rings. The van der Waals surface area contributed by atoms with Gasteiger partial charge in [-0.25, -0.2) is 15.0 Å². The van der Waals surface area contributed by atoms with E-state index in [1.54, 1.807) is 18.2 Å². The number of benzene rings is 8. The fraction of sp³-hybridized carbons (Fsp3) is 0. The summed E-state index contributed by atoms with van der Waals surface area (Å²) in [5.74, 6) is -1.13. The second-order valence-electron chi connectivity index (χ2n) is 11.8. The maximum Gasteiger partial charge on any atom is 0.164 e. The summed E-state index contributed by atoms with van der Waals surface area (Å²) in [4.78, 5) is 14.3. The van der Waals surface area contributed by atoms with Gasteiger partial charge in [0.2, 0.25) is 0 Å². The number of furan rings is 2. The van der Waals surface area contributed by atoms with E-state index in [9.17, 15) is 4.11 Å². The van der Waals surface area contributed by atoms with Crippen LogP contribution in [0.4, 0.5) is 0 Å². The zero-order chi connectivity index (χ0) is 49.8. The number of fused-ring (bicyclic) bond motifs is 9. The molecule has 0 radical (unpaired) electrons. The Balaban J connectivity index is 1.37. The first-order valence-electron chi connectivity index (χ1n) is 24.9. The van der Waals surface area contributed by atoms with Gasteiger partial charge < -0.3 is 8.83 Å². The summed E-state index contributed by atoms with van der Waals surface area (Å²) in [7, 11) is 0. The molecule has 0 unspecified atom stereocenters. The predicted molar refractivity (Wildman–Crippen MR) is 211 cm³/mol. The van der Waals surface area contributed by atoms with Crippen molar-refractivity contribution in [3.8, 4) is 45.3 Å². The van der Waals surface area contributed by atoms with Gasteiger partial charge in [-0.2, -0.15) is 0 Å². The maximum absolute atomic E-state index is 10.2. The number of aromatic nitrogens is 3. The summed E-state index contributed by atoms with van der Waals surface area (Å²) in [5.41, 5.74) is -3.49. The van der Waals surface area contributed by atoms with Gasteiger partial charge in [0.05, 0.1) is 24.7 Å². The van der Waals surface area contributed by atoms with Crippen LogP contribution < -0.4 is 0 Å². The van der Waals surface area contributed by atoms with Gasteiger partial charge in [0.25, 0.3) is 0 Å². The lowest BCUT2D eigenvalue weighted by molar-refractivity contribution is 0.668. The Morgan fingerprint density at radius 3 is 1.92 bits per heavy atom. The van der Waals surface area contributed by atoms with Gasteiger partial charge >= 0.3 is 0 Å². The van der Waals surface area contributed by atoms with E-state index in [1.807, 2.05) is 36.4 Å². The summed E-state index contributed by atoms with van der Waals surface area (Å²) in [6.07, 6.45) is 0. The number of hydrogen-bond acceptors (Lipinski definition) is 5. The molecule has 11 rings (SSSR count). The average Bonchev–Trinajstić information content (AvgIpc) is 3.96. The summed E-state index contributed by atoms with van der Waals surface area (Å²) >= 11 is 0. The molecule has 0 aliphatic carbocycles. The minimum Gasteiger partial charge on any atom is -0.456 e. The highest BCUT2D eigenvalue weighted by atomic mass is 16.3. The van der Waals surface area contributed by atoms with E-state index in [0.29, 0.717) is 10.9 Å². The Morgan fingerprint density at radius 2 is 1.08 bits per heavy atom. The van der Waals surface area contributed by atoms with Gasteiger partial charge in [-0.15, -0.1) is 0 Å². The highest BCUT2D eigenvalue weighted by Crippen LogP contribution is 2.43. The molecule has 8 aromatic carbocycles. The lowest BCUT2D eigenvalue weighted by Gasteiger charge is -2.13. The van der Waals surface area contributed by atoms with Crippen molar-refractivity contribution in [3.63, 3.8) is 0 Å². The van der Waals surface area contributed by atoms with Gasteiger partial charge in [0.1, 0.15) is 22.3 Å². The molecular weight excluding hydrogens is 639 g/mol. The Kier molecular flexibility index (Phi) is 3.51. The summed E-state index contributed by atoms with van der Waals surface area (Å²) in [6.45, 7) is 0. The quantitative estimate of drug-likeness (QED) is 0.173. The van der Waals surface area contributed by atoms with Crippen molar-refractivity contribution >= 4 is 65.4 Å². The molecule has 3 aromatic heterocycles. The molecular formula is C47H27N3O2. The van der Waals surface area contributed by atoms with Crippen molar-refractivity contribution in [1.29, 1.82) is 0 Å². The average molecular weight is 684 g/mol. The lowest BCUT2D eigenvalue weighted by Crippen LogP contribution is -2.01. The second kappa shape index (κ2) is 11.2. The van der Waals surface area contributed by atoms with E-state index in [4.69, 9.17) is 39.4 Å². The molecule has 5 heteroatoms. The molecule has 0 spiro atoms. The Hall–Kier alpha value is -7.11. The summed E-state index contributed by atoms with van der Waals surface area (Å²) in [5, 5.41) is 1.68. The first-order chi connectivity index (χ1) is 33.3. The third-order valence-electron chi connectivity index (χ3n) is 8.85. The Labute approximate surface area is 322 Å². The van der Waals surface area contributed by atoms with Crippen molar-refractivity contribution in [2.75, 3.05) is 0 Å². The molecule has 0 aliphatic rings. The fourth-order valence-corrected chi connectivity index (χ4v) is 6.60. The van der Waals surface area contributed by atoms with E-state index in [2.05, 4.69) is 4.98 Å². The number of rotatable bonds is 4. The van der Waals surface area contributed by atoms with Crippen molar-refractivity contribution < 1.29 is 33.5 Å². The lowest BCUT2D eigenvalue weighted by atomic mass is 9.96. The van der Waals surface area contributed by atoms with Crippen LogP contribution in [0.3, 0.4) is 0 Å². The van der Waals surface area contributed by atoms with Crippen LogP contribution in [0.1, 0.15) is 24.7 Å². The SMILES string of the molecule is [2H]c1c([2H])c([2H])c(-c2nc(-c3cc4ccccc4c4ccccc34)nc(-c3c([2H])c(-c4c([2H])c([2H])c([2H])c5c4oc4c([2H])c([2H])c([2H])c([2H])c45)c([2H])c4oc5c([2H])c([2H])c([2H])c([2H])c5c34)n2)c([2H])c1[2H]. The molecule has 52 heavy (non-hydrogen) atoms. The number of nitrogens with zero attached hydrogens (tertiary/aromatic N) is 3. The molecule has 0 amide bonds. The van der Waals surface area contributed by atoms with Gasteiger partial charge in [-0.05, 0) is 57.3 Å². The highest BCUT2D eigenvalue weighted by molar-refractivity contribution is 6.16. The molecule has 0 aliphatic heterocycles. The van der Waals surface area contributed by atoms with Crippen molar-refractivity contribution in [1.82, 2.24) is 15.0 Å². The fourth-order valence-electron chi connectivity index (χ4n) is 6.60. The van der Waals surface area contributed by atoms with Gasteiger partial charge in [0, 0.05) is 43.8 Å². The molecule has 0 atom stereocenters. The van der Waals surface area contributed by atoms with Crippen LogP contribution in [0.5, 0.6) is 0 Å². The third kappa shape index (κ3) is 4.39. The molecule has 0 saturated heterocycles. The maximum atomic E-state index is 10.2. The zero-order valence-corrected chi connectivity index (χ0v) is 26.4. The van der Waals surface area contributed by atoms with Crippen LogP contribution in [0.15, 0.2) is 172 Å². The topological polar surface area (TPSA) is 65.0 Å². The van der Waals surface area contributed by atoms with E-state index in [-0.39, 0.29) is 27.4 Å². The first kappa shape index (κ1) is 16.3. The van der Waals surface area contributed by atoms with Crippen LogP contribution >= 0.6 is 0 Å². The molecule has 0 saturated carbocycles. The van der Waals surface area contributed by atoms with E-state index < -0.39 is 165 Å². The largest absolute Gasteiger partial charge is 0.456 e. The van der Waals surface area contributed by atoms with Crippen molar-refractivity contribution in [2.24, 2.45) is 0 Å². The standard InChI is InChI=1S/C47H27N3O2/c1-2-13-28(14-3-1)45-48-46(38-25-29-15-4-5-16-31(29)33-17-6-7-18-34(33)38)50-47(49-45)39-26-30(27-42-43(39)37-20-9-11-24-41(37)51-42)32-21-12-22-36-35-19-8-10-23-40(35)52-44(32)36/h1-27H/i1D,2D,3D,8D,9D,10D,11D,12D,13D,14D,19D,20D,21D,22D,23D,24D,26D,27D. The van der Waals surface area contributed by atoms with E-state index in [0.717, 1.165) is 16.2 Å². The first-order valence-corrected chi connectivity index (χ1v) is 15.9. The molecule has 0 bridgehead atoms. The van der Waals surface area contributed by atoms with Gasteiger partial charge in [-0.1, -0.05) is 133 Å². The Bertz CT molecular complexity index is 4220. The minimum absolute atomic E-state index is 0.149. The van der Waals surface area contributed by atoms with Gasteiger partial charge in [-0.3, -0.25) is 0 Å². The van der Waals surface area contributed by atoms with Gasteiger partial charge in [0.15, 0.2) is 17.5 Å². The van der Waals surface area contributed by atoms with E-state index in [1.165, 1.54) is 0 Å². The normalized spacial score (nSPS) is 16.7. The van der Waals surface area contributed by atoms with Crippen LogP contribution in [0.2, 0.25) is 0 Å². The van der Waals surface area contributed by atoms with E-state index >= 15 is 0 Å². The second-order valence-corrected chi connectivity index (χ2v) is 11.8. The number of para-hydroxylation sites is 3. The summed E-state index contributed by atoms with van der Waals surface area (Å²) in [6, 6.07) is 3.90.